The number of carbonyl (C=O) groups excluding carboxylic acids is 16. The number of para-hydroxylation sites is 2. The number of aromatic amines is 3. The third-order valence-corrected chi connectivity index (χ3v) is 26.1. The van der Waals surface area contributed by atoms with Crippen LogP contribution in [0.3, 0.4) is 0 Å². The minimum atomic E-state index is -1.91. The first kappa shape index (κ1) is 109. The molecule has 3 aliphatic heterocycles. The fourth-order valence-corrected chi connectivity index (χ4v) is 18.2. The summed E-state index contributed by atoms with van der Waals surface area (Å²) in [5.41, 5.74) is 20.2. The highest BCUT2D eigenvalue weighted by Crippen LogP contribution is 2.29. The van der Waals surface area contributed by atoms with Crippen molar-refractivity contribution in [2.24, 2.45) is 23.1 Å². The summed E-state index contributed by atoms with van der Waals surface area (Å²) in [5.74, 6) is -18.2. The molecule has 16 amide bonds. The molecule has 0 radical (unpaired) electrons. The SMILES string of the molecule is CCCC[C@H]1C(=O)N(C)[C@@H](CCCC)C(=O)N[C@@H](CCCNC(=N)N)C(=O)N[C@H](C(=O)NCC(N)=O)CSCC(=O)N[C@@H](Cc2ccc(O)cc2)C(=O)N(C)[C@@H](C)C(=O)N[C@@H](CC(=O)O)C(=O)N2CCC[C@H]2C(=O)N[C@@H](Cc2c[nH]cn2)C(=O)N[C@@H](CC(C)C)C(=O)N2C[C@H](O)C[C@H]2C(=O)N[C@@H](Cc2c[nH]c3ccccc23)C(=O)N[C@@H](CCCCN)C(=O)N[C@@H](Cc2c[nH]c3ccccc23)C(=O)N1C. The van der Waals surface area contributed by atoms with Crippen LogP contribution in [0.25, 0.3) is 21.8 Å². The van der Waals surface area contributed by atoms with Crippen LogP contribution in [0.4, 0.5) is 0 Å². The summed E-state index contributed by atoms with van der Waals surface area (Å²) in [6.07, 6.45) is 4.25. The topological polar surface area (TPSA) is 662 Å². The lowest BCUT2D eigenvalue weighted by Crippen LogP contribution is -2.61. The number of carbonyl (C=O) groups is 17. The lowest BCUT2D eigenvalue weighted by atomic mass is 9.99. The zero-order valence-corrected chi connectivity index (χ0v) is 80.5. The van der Waals surface area contributed by atoms with Crippen LogP contribution in [0.5, 0.6) is 5.75 Å². The van der Waals surface area contributed by atoms with Crippen molar-refractivity contribution in [3.63, 3.8) is 0 Å². The second-order valence-electron chi connectivity index (χ2n) is 36.0. The minimum Gasteiger partial charge on any atom is -0.508 e. The molecular formula is C94H134N24O20S. The smallest absolute Gasteiger partial charge is 0.305 e. The van der Waals surface area contributed by atoms with Crippen molar-refractivity contribution in [2.75, 3.05) is 65.4 Å². The van der Waals surface area contributed by atoms with Crippen molar-refractivity contribution in [2.45, 2.75) is 254 Å². The molecule has 24 N–H and O–H groups in total. The molecule has 9 rings (SSSR count). The number of phenolic OH excluding ortho intramolecular Hbond substituents is 1. The molecule has 6 heterocycles. The Balaban J connectivity index is 1.12. The van der Waals surface area contributed by atoms with E-state index in [0.29, 0.717) is 70.6 Å². The van der Waals surface area contributed by atoms with Crippen molar-refractivity contribution < 1.29 is 96.8 Å². The summed E-state index contributed by atoms with van der Waals surface area (Å²) in [6, 6.07) is -1.65. The number of fused-ring (bicyclic) bond motifs is 4. The van der Waals surface area contributed by atoms with Gasteiger partial charge in [-0.25, -0.2) is 4.98 Å². The number of aliphatic hydroxyl groups excluding tert-OH is 1. The van der Waals surface area contributed by atoms with E-state index in [1.807, 2.05) is 26.0 Å². The molecule has 0 aliphatic carbocycles. The number of nitrogens with zero attached hydrogens (tertiary/aromatic N) is 6. The van der Waals surface area contributed by atoms with Gasteiger partial charge in [0.15, 0.2) is 5.96 Å². The van der Waals surface area contributed by atoms with Crippen molar-refractivity contribution in [3.05, 3.63) is 120 Å². The second kappa shape index (κ2) is 52.7. The van der Waals surface area contributed by atoms with Crippen molar-refractivity contribution in [1.82, 2.24) is 103 Å². The minimum absolute atomic E-state index is 0.00913. The Kier molecular flexibility index (Phi) is 41.3. The molecule has 15 atom stereocenters. The number of aromatic hydroxyl groups is 1. The number of thioether (sulfide) groups is 1. The molecule has 0 saturated carbocycles. The Hall–Kier alpha value is -13.7. The molecule has 0 spiro atoms. The highest BCUT2D eigenvalue weighted by atomic mass is 32.2. The lowest BCUT2D eigenvalue weighted by molar-refractivity contribution is -0.149. The largest absolute Gasteiger partial charge is 0.508 e. The first-order valence-corrected chi connectivity index (χ1v) is 48.3. The van der Waals surface area contributed by atoms with Gasteiger partial charge in [-0.3, -0.25) is 86.9 Å². The molecule has 3 fully saturated rings. The van der Waals surface area contributed by atoms with Gasteiger partial charge in [0, 0.05) is 119 Å². The van der Waals surface area contributed by atoms with E-state index in [4.69, 9.17) is 22.6 Å². The van der Waals surface area contributed by atoms with E-state index in [-0.39, 0.29) is 127 Å². The molecule has 3 aliphatic rings. The molecule has 6 aromatic rings. The van der Waals surface area contributed by atoms with Crippen LogP contribution in [0.2, 0.25) is 0 Å². The molecule has 3 aromatic carbocycles. The number of primary amides is 1. The third kappa shape index (κ3) is 31.1. The monoisotopic (exact) mass is 1950 g/mol. The number of carboxylic acids is 1. The van der Waals surface area contributed by atoms with E-state index in [1.165, 1.54) is 74.7 Å². The summed E-state index contributed by atoms with van der Waals surface area (Å²) in [6.45, 7) is 7.28. The number of aromatic nitrogens is 4. The number of carboxylic acid groups (broad SMARTS) is 1. The van der Waals surface area contributed by atoms with E-state index in [0.717, 1.165) is 26.5 Å². The van der Waals surface area contributed by atoms with Crippen LogP contribution in [0.15, 0.2) is 97.7 Å². The number of phenols is 1. The zero-order chi connectivity index (χ0) is 101. The Morgan fingerprint density at radius 1 is 0.554 bits per heavy atom. The number of aliphatic carboxylic acids is 1. The van der Waals surface area contributed by atoms with E-state index in [2.05, 4.69) is 78.4 Å². The number of unbranched alkanes of at least 4 members (excludes halogenated alkanes) is 3. The summed E-state index contributed by atoms with van der Waals surface area (Å²) < 4.78 is 0. The van der Waals surface area contributed by atoms with Crippen LogP contribution in [-0.4, -0.2) is 322 Å². The van der Waals surface area contributed by atoms with E-state index in [1.54, 1.807) is 62.6 Å². The van der Waals surface area contributed by atoms with Crippen LogP contribution in [0.1, 0.15) is 160 Å². The number of guanidine groups is 1. The van der Waals surface area contributed by atoms with Gasteiger partial charge < -0.3 is 130 Å². The predicted molar refractivity (Wildman–Crippen MR) is 514 cm³/mol. The third-order valence-electron chi connectivity index (χ3n) is 25.0. The number of hydrogen-bond acceptors (Lipinski definition) is 23. The number of hydrogen-bond donors (Lipinski definition) is 21. The normalized spacial score (nSPS) is 24.4. The van der Waals surface area contributed by atoms with Gasteiger partial charge in [0.05, 0.1) is 36.8 Å². The van der Waals surface area contributed by atoms with Crippen LogP contribution in [-0.2, 0) is 107 Å². The van der Waals surface area contributed by atoms with Gasteiger partial charge in [0.2, 0.25) is 94.5 Å². The van der Waals surface area contributed by atoms with Crippen molar-refractivity contribution in [3.8, 4) is 5.75 Å². The average Bonchev–Trinajstić information content (AvgIpc) is 0.834. The molecular weight excluding hydrogens is 1820 g/mol. The number of nitrogens with two attached hydrogens (primary N) is 3. The molecule has 3 saturated heterocycles. The summed E-state index contributed by atoms with van der Waals surface area (Å²) >= 11 is 0.758. The number of aliphatic hydroxyl groups is 1. The highest BCUT2D eigenvalue weighted by Gasteiger charge is 2.47. The van der Waals surface area contributed by atoms with Gasteiger partial charge >= 0.3 is 5.97 Å². The summed E-state index contributed by atoms with van der Waals surface area (Å²) in [7, 11) is 3.95. The number of likely N-dealkylation sites (N-methyl/N-ethyl adjacent to an activating group) is 3. The average molecular weight is 1950 g/mol. The number of imidazole rings is 1. The maximum atomic E-state index is 16.0. The molecule has 3 aromatic heterocycles. The maximum absolute atomic E-state index is 16.0. The fourth-order valence-electron chi connectivity index (χ4n) is 17.3. The molecule has 756 valence electrons. The number of benzene rings is 3. The van der Waals surface area contributed by atoms with Crippen molar-refractivity contribution in [1.29, 1.82) is 5.41 Å². The molecule has 44 nitrogen and oxygen atoms in total. The Morgan fingerprint density at radius 3 is 1.68 bits per heavy atom. The Morgan fingerprint density at radius 2 is 1.09 bits per heavy atom. The standard InChI is InChI=1S/C94H134N24O20S/c1-9-11-27-73-86(131)107-65(26-19-35-100-94(97)98)83(128)113-72(81(126)103-47-77(96)121)49-139-50-78(122)105-69(38-54-30-32-58(119)33-31-54)89(134)114(6)53(5)80(125)110-71(43-79(123)124)91(136)117-36-20-29-74(117)87(132)109-67(41-57-46-99-51-104-57)85(130)111-68(37-52(3)4)92(137)118-48-59(120)42-76(118)88(133)108-66(39-55-44-101-62-23-15-13-21-60(55)62)84(129)106-64(25-17-18-34-95)82(127)112-70(40-56-45-102-63-24-16-14-22-61(56)63)90(135)116(8)75(28-12-10-2)93(138)115(73)7/h13-16,21-24,30-33,44-46,51-53,59,64-76,101-102,119-120H,9-12,17-20,25-29,34-43,47-50,95H2,1-8H3,(H2,96,121)(H,99,104)(H,103,126)(H,105,122)(H,106,129)(H,107,131)(H,108,133)(H,109,132)(H,110,125)(H,111,130)(H,112,127)(H,113,128)(H,123,124)(H4,97,98,100)/t53-,59+,64-,65-,66-,67-,68-,69-,70-,71-,72-,73-,74-,75-,76-/m0/s1. The molecule has 0 unspecified atom stereocenters. The van der Waals surface area contributed by atoms with Gasteiger partial charge in [-0.05, 0) is 125 Å². The molecule has 139 heavy (non-hydrogen) atoms. The van der Waals surface area contributed by atoms with Gasteiger partial charge in [0.1, 0.15) is 90.3 Å². The number of H-pyrrole nitrogens is 3. The maximum Gasteiger partial charge on any atom is 0.305 e. The van der Waals surface area contributed by atoms with Crippen molar-refractivity contribution >= 4 is 140 Å². The van der Waals surface area contributed by atoms with Gasteiger partial charge in [-0.2, -0.15) is 0 Å². The quantitative estimate of drug-likeness (QED) is 0.0149. The Labute approximate surface area is 809 Å². The van der Waals surface area contributed by atoms with E-state index < -0.39 is 228 Å². The number of nitrogens with one attached hydrogen (secondary N) is 15. The molecule has 0 bridgehead atoms. The van der Waals surface area contributed by atoms with Crippen LogP contribution >= 0.6 is 11.8 Å². The zero-order valence-electron chi connectivity index (χ0n) is 79.7. The first-order valence-electron chi connectivity index (χ1n) is 47.1. The molecule has 45 heteroatoms. The van der Waals surface area contributed by atoms with E-state index in [9.17, 15) is 53.7 Å². The number of rotatable bonds is 29. The van der Waals surface area contributed by atoms with Gasteiger partial charge in [0.25, 0.3) is 0 Å². The fraction of sp³-hybridized carbons (Fsp3) is 0.543. The summed E-state index contributed by atoms with van der Waals surface area (Å²) in [5, 5.41) is 70.9. The summed E-state index contributed by atoms with van der Waals surface area (Å²) in [4.78, 5) is 271. The highest BCUT2D eigenvalue weighted by molar-refractivity contribution is 8.00. The Bertz CT molecular complexity index is 5310. The van der Waals surface area contributed by atoms with Crippen LogP contribution < -0.4 is 75.7 Å². The second-order valence-corrected chi connectivity index (χ2v) is 37.0. The van der Waals surface area contributed by atoms with Crippen LogP contribution in [0, 0.1) is 11.3 Å². The lowest BCUT2D eigenvalue weighted by Gasteiger charge is -2.36. The first-order chi connectivity index (χ1) is 66.3. The van der Waals surface area contributed by atoms with E-state index >= 15 is 43.2 Å². The predicted octanol–water partition coefficient (Wildman–Crippen LogP) is -1.19. The van der Waals surface area contributed by atoms with Gasteiger partial charge in [-0.15, -0.1) is 11.8 Å². The number of amides is 16. The van der Waals surface area contributed by atoms with Gasteiger partial charge in [-0.1, -0.05) is 102 Å².